The molecule has 0 aromatic carbocycles. The van der Waals surface area contributed by atoms with Crippen molar-refractivity contribution in [2.45, 2.75) is 32.1 Å². The fourth-order valence-corrected chi connectivity index (χ4v) is 1.89. The number of rotatable bonds is 2. The average molecular weight is 190 g/mol. The van der Waals surface area contributed by atoms with Gasteiger partial charge in [-0.1, -0.05) is 19.3 Å². The summed E-state index contributed by atoms with van der Waals surface area (Å²) in [4.78, 5) is 11.2. The van der Waals surface area contributed by atoms with Gasteiger partial charge in [0.15, 0.2) is 0 Å². The van der Waals surface area contributed by atoms with Crippen molar-refractivity contribution in [3.63, 3.8) is 0 Å². The lowest BCUT2D eigenvalue weighted by molar-refractivity contribution is -0.138. The van der Waals surface area contributed by atoms with Crippen LogP contribution in [0.2, 0.25) is 0 Å². The lowest BCUT2D eigenvalue weighted by Crippen LogP contribution is -2.20. The minimum atomic E-state index is -1.45. The lowest BCUT2D eigenvalue weighted by Gasteiger charge is -2.18. The van der Waals surface area contributed by atoms with Gasteiger partial charge in [-0.15, -0.1) is 0 Å². The molecule has 0 spiro atoms. The van der Waals surface area contributed by atoms with E-state index in [9.17, 15) is 9.00 Å². The maximum Gasteiger partial charge on any atom is 0.323 e. The van der Waals surface area contributed by atoms with E-state index < -0.39 is 11.1 Å². The summed E-state index contributed by atoms with van der Waals surface area (Å²) < 4.78 is 15.2. The molecule has 0 bridgehead atoms. The normalized spacial score (nSPS) is 21.8. The molecule has 1 fully saturated rings. The molecule has 0 saturated heterocycles. The maximum absolute atomic E-state index is 11.2. The quantitative estimate of drug-likeness (QED) is 0.661. The molecule has 1 aliphatic rings. The average Bonchev–Trinajstić information content (AvgIpc) is 2.05. The van der Waals surface area contributed by atoms with E-state index in [2.05, 4.69) is 4.18 Å². The van der Waals surface area contributed by atoms with Crippen LogP contribution in [0.15, 0.2) is 0 Å². The van der Waals surface area contributed by atoms with E-state index in [0.29, 0.717) is 0 Å². The van der Waals surface area contributed by atoms with Crippen LogP contribution in [0.4, 0.5) is 0 Å². The van der Waals surface area contributed by atoms with Crippen molar-refractivity contribution in [3.8, 4) is 0 Å². The Morgan fingerprint density at radius 3 is 2.42 bits per heavy atom. The van der Waals surface area contributed by atoms with Crippen molar-refractivity contribution >= 4 is 17.0 Å². The Bertz CT molecular complexity index is 185. The number of carbonyl (C=O) groups excluding carboxylic acids is 1. The van der Waals surface area contributed by atoms with E-state index in [0.717, 1.165) is 25.7 Å². The van der Waals surface area contributed by atoms with E-state index in [1.165, 1.54) is 12.7 Å². The summed E-state index contributed by atoms with van der Waals surface area (Å²) in [5, 5.41) is 0. The lowest BCUT2D eigenvalue weighted by atomic mass is 9.90. The molecular formula is C8H14O3S. The third-order valence-corrected chi connectivity index (χ3v) is 2.54. The predicted molar refractivity (Wildman–Crippen MR) is 46.7 cm³/mol. The SMILES string of the molecule is CS(=O)OC(=O)C1CCCCC1. The van der Waals surface area contributed by atoms with Gasteiger partial charge in [-0.25, -0.2) is 4.21 Å². The second kappa shape index (κ2) is 4.60. The highest BCUT2D eigenvalue weighted by Gasteiger charge is 2.23. The third kappa shape index (κ3) is 2.93. The summed E-state index contributed by atoms with van der Waals surface area (Å²) in [6, 6.07) is 0. The van der Waals surface area contributed by atoms with Crippen LogP contribution in [0.3, 0.4) is 0 Å². The summed E-state index contributed by atoms with van der Waals surface area (Å²) in [7, 11) is 0. The van der Waals surface area contributed by atoms with Crippen LogP contribution in [-0.4, -0.2) is 16.4 Å². The Morgan fingerprint density at radius 1 is 1.33 bits per heavy atom. The van der Waals surface area contributed by atoms with Crippen LogP contribution in [0.1, 0.15) is 32.1 Å². The second-order valence-electron chi connectivity index (χ2n) is 3.14. The molecule has 1 atom stereocenters. The van der Waals surface area contributed by atoms with E-state index >= 15 is 0 Å². The minimum absolute atomic E-state index is 0.00245. The molecule has 12 heavy (non-hydrogen) atoms. The van der Waals surface area contributed by atoms with Crippen molar-refractivity contribution in [3.05, 3.63) is 0 Å². The number of hydrogen-bond acceptors (Lipinski definition) is 3. The van der Waals surface area contributed by atoms with Gasteiger partial charge in [0.1, 0.15) is 0 Å². The zero-order chi connectivity index (χ0) is 8.97. The van der Waals surface area contributed by atoms with Crippen LogP contribution >= 0.6 is 0 Å². The number of carbonyl (C=O) groups is 1. The summed E-state index contributed by atoms with van der Waals surface area (Å²) in [5.74, 6) is -0.279. The Balaban J connectivity index is 2.34. The van der Waals surface area contributed by atoms with Crippen LogP contribution < -0.4 is 0 Å². The molecule has 3 nitrogen and oxygen atoms in total. The molecule has 0 aliphatic heterocycles. The number of hydrogen-bond donors (Lipinski definition) is 0. The summed E-state index contributed by atoms with van der Waals surface area (Å²) >= 11 is -1.45. The highest BCUT2D eigenvalue weighted by molar-refractivity contribution is 7.79. The molecule has 4 heteroatoms. The molecule has 1 rings (SSSR count). The third-order valence-electron chi connectivity index (χ3n) is 2.14. The highest BCUT2D eigenvalue weighted by Crippen LogP contribution is 2.24. The van der Waals surface area contributed by atoms with Crippen LogP contribution in [0.5, 0.6) is 0 Å². The molecule has 0 amide bonds. The van der Waals surface area contributed by atoms with Gasteiger partial charge in [0.05, 0.1) is 5.92 Å². The first-order valence-corrected chi connectivity index (χ1v) is 5.74. The van der Waals surface area contributed by atoms with Gasteiger partial charge in [-0.05, 0) is 12.8 Å². The van der Waals surface area contributed by atoms with E-state index in [1.807, 2.05) is 0 Å². The molecule has 0 radical (unpaired) electrons. The minimum Gasteiger partial charge on any atom is -0.364 e. The van der Waals surface area contributed by atoms with E-state index in [4.69, 9.17) is 0 Å². The molecule has 0 heterocycles. The maximum atomic E-state index is 11.2. The van der Waals surface area contributed by atoms with Crippen molar-refractivity contribution in [1.29, 1.82) is 0 Å². The Labute approximate surface area is 75.1 Å². The van der Waals surface area contributed by atoms with Gasteiger partial charge >= 0.3 is 5.97 Å². The Morgan fingerprint density at radius 2 is 1.92 bits per heavy atom. The molecule has 70 valence electrons. The Kier molecular flexibility index (Phi) is 3.72. The summed E-state index contributed by atoms with van der Waals surface area (Å²) in [5.41, 5.74) is 0. The monoisotopic (exact) mass is 190 g/mol. The van der Waals surface area contributed by atoms with E-state index in [1.54, 1.807) is 0 Å². The molecule has 1 saturated carbocycles. The zero-order valence-electron chi connectivity index (χ0n) is 7.25. The van der Waals surface area contributed by atoms with Gasteiger partial charge in [-0.2, -0.15) is 0 Å². The first-order chi connectivity index (χ1) is 5.70. The van der Waals surface area contributed by atoms with Crippen LogP contribution in [-0.2, 0) is 20.1 Å². The highest BCUT2D eigenvalue weighted by atomic mass is 32.2. The molecule has 0 N–H and O–H groups in total. The molecular weight excluding hydrogens is 176 g/mol. The molecule has 0 aromatic heterocycles. The van der Waals surface area contributed by atoms with Gasteiger partial charge < -0.3 is 4.18 Å². The van der Waals surface area contributed by atoms with E-state index in [-0.39, 0.29) is 11.9 Å². The van der Waals surface area contributed by atoms with Gasteiger partial charge in [0.2, 0.25) is 11.1 Å². The summed E-state index contributed by atoms with van der Waals surface area (Å²) in [6.07, 6.45) is 6.57. The fraction of sp³-hybridized carbons (Fsp3) is 0.875. The topological polar surface area (TPSA) is 43.4 Å². The van der Waals surface area contributed by atoms with Crippen molar-refractivity contribution < 1.29 is 13.2 Å². The first kappa shape index (κ1) is 9.71. The molecule has 0 aromatic rings. The van der Waals surface area contributed by atoms with Crippen molar-refractivity contribution in [1.82, 2.24) is 0 Å². The first-order valence-electron chi connectivity index (χ1n) is 4.26. The second-order valence-corrected chi connectivity index (χ2v) is 4.11. The zero-order valence-corrected chi connectivity index (χ0v) is 8.06. The molecule has 1 aliphatic carbocycles. The van der Waals surface area contributed by atoms with Gasteiger partial charge in [0, 0.05) is 6.26 Å². The van der Waals surface area contributed by atoms with Crippen molar-refractivity contribution in [2.75, 3.05) is 6.26 Å². The predicted octanol–water partition coefficient (Wildman–Crippen LogP) is 1.40. The van der Waals surface area contributed by atoms with Crippen molar-refractivity contribution in [2.24, 2.45) is 5.92 Å². The van der Waals surface area contributed by atoms with Gasteiger partial charge in [-0.3, -0.25) is 4.79 Å². The summed E-state index contributed by atoms with van der Waals surface area (Å²) in [6.45, 7) is 0. The van der Waals surface area contributed by atoms with Crippen LogP contribution in [0.25, 0.3) is 0 Å². The smallest absolute Gasteiger partial charge is 0.323 e. The fourth-order valence-electron chi connectivity index (χ4n) is 1.52. The van der Waals surface area contributed by atoms with Crippen LogP contribution in [0, 0.1) is 5.92 Å². The standard InChI is InChI=1S/C8H14O3S/c1-12(10)11-8(9)7-5-3-2-4-6-7/h7H,2-6H2,1H3. The molecule has 1 unspecified atom stereocenters. The largest absolute Gasteiger partial charge is 0.364 e. The Hall–Kier alpha value is -0.380. The van der Waals surface area contributed by atoms with Gasteiger partial charge in [0.25, 0.3) is 0 Å².